The van der Waals surface area contributed by atoms with Gasteiger partial charge in [-0.25, -0.2) is 19.6 Å². The molecule has 0 saturated carbocycles. The second-order valence-corrected chi connectivity index (χ2v) is 7.69. The largest absolute Gasteiger partial charge is 0.495 e. The lowest BCUT2D eigenvalue weighted by atomic mass is 10.1. The molecule has 3 aromatic heterocycles. The maximum absolute atomic E-state index is 12.5. The van der Waals surface area contributed by atoms with Crippen LogP contribution in [-0.2, 0) is 0 Å². The molecule has 0 bridgehead atoms. The second-order valence-electron chi connectivity index (χ2n) is 7.69. The Kier molecular flexibility index (Phi) is 5.53. The van der Waals surface area contributed by atoms with Gasteiger partial charge in [0.2, 0.25) is 0 Å². The normalized spacial score (nSPS) is 14.3. The highest BCUT2D eigenvalue weighted by atomic mass is 16.5. The van der Waals surface area contributed by atoms with Crippen LogP contribution in [0.3, 0.4) is 0 Å². The third-order valence-corrected chi connectivity index (χ3v) is 5.69. The van der Waals surface area contributed by atoms with Crippen molar-refractivity contribution in [1.82, 2.24) is 35.0 Å². The number of carbonyl (C=O) groups excluding carboxylic acids is 1. The second kappa shape index (κ2) is 8.79. The number of amides is 1. The molecule has 11 nitrogen and oxygen atoms in total. The van der Waals surface area contributed by atoms with Crippen molar-refractivity contribution in [2.45, 2.75) is 18.9 Å². The van der Waals surface area contributed by atoms with Gasteiger partial charge in [-0.05, 0) is 38.1 Å². The molecule has 11 heteroatoms. The summed E-state index contributed by atoms with van der Waals surface area (Å²) < 4.78 is 7.51. The maximum atomic E-state index is 12.5. The summed E-state index contributed by atoms with van der Waals surface area (Å²) in [5.74, 6) is 0.464. The minimum Gasteiger partial charge on any atom is -0.495 e. The molecule has 4 heterocycles. The van der Waals surface area contributed by atoms with Crippen molar-refractivity contribution >= 4 is 28.4 Å². The number of piperidine rings is 1. The van der Waals surface area contributed by atoms with Gasteiger partial charge in [0.1, 0.15) is 29.3 Å². The lowest BCUT2D eigenvalue weighted by Crippen LogP contribution is -2.30. The van der Waals surface area contributed by atoms with E-state index in [2.05, 4.69) is 30.6 Å². The monoisotopic (exact) mass is 445 g/mol. The number of hydrogen-bond donors (Lipinski definition) is 3. The van der Waals surface area contributed by atoms with Gasteiger partial charge in [0.05, 0.1) is 30.4 Å². The SMILES string of the molecule is COc1cc(-c2nn(C3CCNCC3)c3ncnc(N)c23)ccc1NC(=O)c1cnccn1. The smallest absolute Gasteiger partial charge is 0.275 e. The van der Waals surface area contributed by atoms with Crippen molar-refractivity contribution < 1.29 is 9.53 Å². The van der Waals surface area contributed by atoms with Gasteiger partial charge >= 0.3 is 0 Å². The fourth-order valence-corrected chi connectivity index (χ4v) is 4.05. The summed E-state index contributed by atoms with van der Waals surface area (Å²) in [6.45, 7) is 1.85. The van der Waals surface area contributed by atoms with E-state index < -0.39 is 0 Å². The zero-order chi connectivity index (χ0) is 22.8. The molecule has 0 atom stereocenters. The number of fused-ring (bicyclic) bond motifs is 1. The molecule has 168 valence electrons. The Hall–Kier alpha value is -4.12. The van der Waals surface area contributed by atoms with Crippen LogP contribution in [0.5, 0.6) is 5.75 Å². The molecule has 33 heavy (non-hydrogen) atoms. The van der Waals surface area contributed by atoms with Gasteiger partial charge < -0.3 is 21.1 Å². The Morgan fingerprint density at radius 3 is 2.82 bits per heavy atom. The number of ether oxygens (including phenoxy) is 1. The minimum atomic E-state index is -0.382. The van der Waals surface area contributed by atoms with Gasteiger partial charge in [-0.2, -0.15) is 5.10 Å². The van der Waals surface area contributed by atoms with E-state index in [1.807, 2.05) is 16.8 Å². The van der Waals surface area contributed by atoms with E-state index >= 15 is 0 Å². The first-order valence-electron chi connectivity index (χ1n) is 10.6. The van der Waals surface area contributed by atoms with Crippen LogP contribution in [0.1, 0.15) is 29.4 Å². The van der Waals surface area contributed by atoms with Gasteiger partial charge in [-0.15, -0.1) is 0 Å². The summed E-state index contributed by atoms with van der Waals surface area (Å²) in [6.07, 6.45) is 7.75. The number of hydrogen-bond acceptors (Lipinski definition) is 9. The first kappa shape index (κ1) is 20.8. The fraction of sp³-hybridized carbons (Fsp3) is 0.273. The average Bonchev–Trinajstić information content (AvgIpc) is 3.26. The van der Waals surface area contributed by atoms with E-state index in [1.165, 1.54) is 24.9 Å². The fourth-order valence-electron chi connectivity index (χ4n) is 4.05. The van der Waals surface area contributed by atoms with E-state index in [0.29, 0.717) is 34.0 Å². The first-order chi connectivity index (χ1) is 16.2. The number of nitrogens with one attached hydrogen (secondary N) is 2. The minimum absolute atomic E-state index is 0.209. The number of carbonyl (C=O) groups is 1. The van der Waals surface area contributed by atoms with Gasteiger partial charge in [0.15, 0.2) is 5.65 Å². The van der Waals surface area contributed by atoms with E-state index in [1.54, 1.807) is 13.2 Å². The van der Waals surface area contributed by atoms with Crippen LogP contribution in [0.2, 0.25) is 0 Å². The molecule has 1 aromatic carbocycles. The lowest BCUT2D eigenvalue weighted by Gasteiger charge is -2.23. The quantitative estimate of drug-likeness (QED) is 0.420. The molecule has 1 fully saturated rings. The molecular formula is C22H23N9O2. The number of anilines is 2. The molecule has 0 radical (unpaired) electrons. The summed E-state index contributed by atoms with van der Waals surface area (Å²) in [4.78, 5) is 29.1. The topological polar surface area (TPSA) is 146 Å². The van der Waals surface area contributed by atoms with Crippen LogP contribution in [-0.4, -0.2) is 55.8 Å². The van der Waals surface area contributed by atoms with Gasteiger partial charge in [0, 0.05) is 18.0 Å². The van der Waals surface area contributed by atoms with Crippen molar-refractivity contribution in [3.8, 4) is 17.0 Å². The molecule has 5 rings (SSSR count). The van der Waals surface area contributed by atoms with E-state index in [4.69, 9.17) is 15.6 Å². The van der Waals surface area contributed by atoms with Gasteiger partial charge in [-0.1, -0.05) is 6.07 Å². The van der Waals surface area contributed by atoms with E-state index in [-0.39, 0.29) is 17.6 Å². The first-order valence-corrected chi connectivity index (χ1v) is 10.6. The summed E-state index contributed by atoms with van der Waals surface area (Å²) in [5, 5.41) is 11.8. The predicted molar refractivity (Wildman–Crippen MR) is 123 cm³/mol. The zero-order valence-electron chi connectivity index (χ0n) is 18.0. The number of aromatic nitrogens is 6. The molecule has 0 aliphatic carbocycles. The lowest BCUT2D eigenvalue weighted by molar-refractivity contribution is 0.102. The van der Waals surface area contributed by atoms with Gasteiger partial charge in [0.25, 0.3) is 5.91 Å². The van der Waals surface area contributed by atoms with E-state index in [0.717, 1.165) is 31.5 Å². The Bertz CT molecular complexity index is 1300. The van der Waals surface area contributed by atoms with Crippen molar-refractivity contribution in [2.75, 3.05) is 31.2 Å². The van der Waals surface area contributed by atoms with Crippen molar-refractivity contribution in [3.63, 3.8) is 0 Å². The molecule has 1 amide bonds. The molecule has 4 aromatic rings. The number of benzene rings is 1. The summed E-state index contributed by atoms with van der Waals surface area (Å²) in [6, 6.07) is 5.66. The Morgan fingerprint density at radius 1 is 1.21 bits per heavy atom. The molecule has 0 spiro atoms. The third kappa shape index (κ3) is 3.94. The van der Waals surface area contributed by atoms with Crippen LogP contribution in [0.4, 0.5) is 11.5 Å². The summed E-state index contributed by atoms with van der Waals surface area (Å²) in [7, 11) is 1.54. The highest BCUT2D eigenvalue weighted by Crippen LogP contribution is 2.36. The highest BCUT2D eigenvalue weighted by molar-refractivity contribution is 6.04. The Morgan fingerprint density at radius 2 is 2.06 bits per heavy atom. The average molecular weight is 445 g/mol. The van der Waals surface area contributed by atoms with Crippen molar-refractivity contribution in [2.24, 2.45) is 0 Å². The van der Waals surface area contributed by atoms with Crippen LogP contribution in [0.25, 0.3) is 22.3 Å². The number of rotatable bonds is 5. The molecule has 1 aliphatic heterocycles. The predicted octanol–water partition coefficient (Wildman–Crippen LogP) is 2.05. The summed E-state index contributed by atoms with van der Waals surface area (Å²) in [5.41, 5.74) is 9.13. The molecule has 1 aliphatic rings. The number of nitrogens with zero attached hydrogens (tertiary/aromatic N) is 6. The Balaban J connectivity index is 1.54. The molecule has 1 saturated heterocycles. The van der Waals surface area contributed by atoms with E-state index in [9.17, 15) is 4.79 Å². The molecular weight excluding hydrogens is 422 g/mol. The highest BCUT2D eigenvalue weighted by Gasteiger charge is 2.24. The molecule has 4 N–H and O–H groups in total. The molecule has 0 unspecified atom stereocenters. The number of nitrogen functional groups attached to an aromatic ring is 1. The van der Waals surface area contributed by atoms with Crippen LogP contribution >= 0.6 is 0 Å². The van der Waals surface area contributed by atoms with Crippen molar-refractivity contribution in [1.29, 1.82) is 0 Å². The number of methoxy groups -OCH3 is 1. The van der Waals surface area contributed by atoms with Crippen molar-refractivity contribution in [3.05, 3.63) is 48.8 Å². The summed E-state index contributed by atoms with van der Waals surface area (Å²) >= 11 is 0. The zero-order valence-corrected chi connectivity index (χ0v) is 18.0. The maximum Gasteiger partial charge on any atom is 0.275 e. The van der Waals surface area contributed by atoms with Crippen LogP contribution in [0, 0.1) is 0 Å². The van der Waals surface area contributed by atoms with Crippen LogP contribution in [0.15, 0.2) is 43.1 Å². The third-order valence-electron chi connectivity index (χ3n) is 5.69. The number of nitrogens with two attached hydrogens (primary N) is 1. The standard InChI is InChI=1S/C22H23N9O2/c1-33-17-10-13(2-3-15(17)29-22(32)16-11-25-8-9-26-16)19-18-20(23)27-12-28-21(18)31(30-19)14-4-6-24-7-5-14/h2-3,8-12,14,24H,4-7H2,1H3,(H,29,32)(H2,23,27,28). The van der Waals surface area contributed by atoms with Gasteiger partial charge in [-0.3, -0.25) is 9.78 Å². The van der Waals surface area contributed by atoms with Crippen LogP contribution < -0.4 is 21.1 Å². The Labute approximate surface area is 189 Å².